The van der Waals surface area contributed by atoms with Gasteiger partial charge in [0.15, 0.2) is 5.78 Å². The van der Waals surface area contributed by atoms with E-state index >= 15 is 0 Å². The van der Waals surface area contributed by atoms with Crippen LogP contribution in [0, 0.1) is 35.5 Å². The fraction of sp³-hybridized carbons (Fsp3) is 0.760. The highest BCUT2D eigenvalue weighted by Gasteiger charge is 2.44. The summed E-state index contributed by atoms with van der Waals surface area (Å²) in [7, 11) is 6.83. The molecule has 63 heavy (non-hydrogen) atoms. The summed E-state index contributed by atoms with van der Waals surface area (Å²) in [5, 5.41) is 12.4. The standard InChI is InChI=1S/C50H84N4O9/c1-16-22-38(49(60)61)51-47(58)36(27-35-23-19-18-20-24-35)28-40(55)34(8)46(63-15)39-25-21-26-54(39)43(57)30-42(62-14)45(33(7)17-2)52(12)48(59)37(31(3)4)29-41(56)44(32(5)6)53(13)50(9,10)11/h18-20,23-24,31-34,36-39,42,44-46H,16-17,21-22,25-30H2,1-15H3,(H,51,58)(H,60,61)/t33-,34-,36+,37-,38?,39-,42+,44-,45-,46+/m0/s1. The smallest absolute Gasteiger partial charge is 0.326 e. The fourth-order valence-corrected chi connectivity index (χ4v) is 9.42. The molecule has 1 heterocycles. The van der Waals surface area contributed by atoms with Crippen LogP contribution in [0.3, 0.4) is 0 Å². The molecule has 13 heteroatoms. The van der Waals surface area contributed by atoms with Gasteiger partial charge in [-0.1, -0.05) is 98.6 Å². The number of rotatable bonds is 27. The summed E-state index contributed by atoms with van der Waals surface area (Å²) in [5.74, 6) is -4.25. The van der Waals surface area contributed by atoms with Crippen molar-refractivity contribution in [3.63, 3.8) is 0 Å². The summed E-state index contributed by atoms with van der Waals surface area (Å²) in [6.07, 6.45) is 1.80. The summed E-state index contributed by atoms with van der Waals surface area (Å²) >= 11 is 0. The third kappa shape index (κ3) is 15.5. The highest BCUT2D eigenvalue weighted by Crippen LogP contribution is 2.32. The van der Waals surface area contributed by atoms with Gasteiger partial charge in [0.1, 0.15) is 11.8 Å². The second kappa shape index (κ2) is 25.7. The zero-order valence-electron chi connectivity index (χ0n) is 41.4. The molecule has 1 aromatic carbocycles. The fourth-order valence-electron chi connectivity index (χ4n) is 9.42. The van der Waals surface area contributed by atoms with E-state index in [1.165, 1.54) is 7.11 Å². The number of hydrogen-bond acceptors (Lipinski definition) is 9. The van der Waals surface area contributed by atoms with Crippen molar-refractivity contribution >= 4 is 35.3 Å². The minimum absolute atomic E-state index is 0.00269. The number of ketones is 2. The minimum Gasteiger partial charge on any atom is -0.480 e. The monoisotopic (exact) mass is 885 g/mol. The second-order valence-electron chi connectivity index (χ2n) is 19.8. The van der Waals surface area contributed by atoms with Crippen molar-refractivity contribution in [1.29, 1.82) is 0 Å². The Kier molecular flexibility index (Phi) is 22.6. The summed E-state index contributed by atoms with van der Waals surface area (Å²) in [4.78, 5) is 88.4. The van der Waals surface area contributed by atoms with Crippen molar-refractivity contribution in [2.75, 3.05) is 34.9 Å². The van der Waals surface area contributed by atoms with Gasteiger partial charge in [-0.2, -0.15) is 0 Å². The molecule has 0 spiro atoms. The minimum atomic E-state index is -1.12. The van der Waals surface area contributed by atoms with E-state index in [0.29, 0.717) is 25.8 Å². The first kappa shape index (κ1) is 55.5. The lowest BCUT2D eigenvalue weighted by atomic mass is 9.83. The first-order valence-electron chi connectivity index (χ1n) is 23.4. The molecule has 2 N–H and O–H groups in total. The molecule has 0 aromatic heterocycles. The summed E-state index contributed by atoms with van der Waals surface area (Å²) in [6.45, 7) is 22.5. The Hall–Kier alpha value is -3.68. The van der Waals surface area contributed by atoms with Crippen LogP contribution in [0.2, 0.25) is 0 Å². The highest BCUT2D eigenvalue weighted by atomic mass is 16.5. The van der Waals surface area contributed by atoms with Gasteiger partial charge in [0, 0.05) is 63.9 Å². The number of carboxylic acid groups (broad SMARTS) is 1. The molecule has 1 fully saturated rings. The number of nitrogens with zero attached hydrogens (tertiary/aromatic N) is 3. The van der Waals surface area contributed by atoms with E-state index in [1.54, 1.807) is 30.9 Å². The number of hydrogen-bond donors (Lipinski definition) is 2. The summed E-state index contributed by atoms with van der Waals surface area (Å²) < 4.78 is 12.1. The van der Waals surface area contributed by atoms with Crippen LogP contribution in [0.25, 0.3) is 0 Å². The van der Waals surface area contributed by atoms with Crippen molar-refractivity contribution < 1.29 is 43.3 Å². The van der Waals surface area contributed by atoms with Crippen molar-refractivity contribution in [3.8, 4) is 0 Å². The number of ether oxygens (including phenoxy) is 2. The van der Waals surface area contributed by atoms with Gasteiger partial charge in [0.05, 0.1) is 36.8 Å². The lowest BCUT2D eigenvalue weighted by molar-refractivity contribution is -0.149. The number of nitrogens with one attached hydrogen (secondary N) is 1. The molecule has 0 radical (unpaired) electrons. The van der Waals surface area contributed by atoms with Crippen molar-refractivity contribution in [1.82, 2.24) is 20.0 Å². The predicted octanol–water partition coefficient (Wildman–Crippen LogP) is 7.08. The maximum absolute atomic E-state index is 14.6. The number of carbonyl (C=O) groups excluding carboxylic acids is 5. The van der Waals surface area contributed by atoms with Gasteiger partial charge in [-0.15, -0.1) is 0 Å². The summed E-state index contributed by atoms with van der Waals surface area (Å²) in [6, 6.07) is 7.04. The lowest BCUT2D eigenvalue weighted by Gasteiger charge is -2.42. The van der Waals surface area contributed by atoms with Gasteiger partial charge in [0.25, 0.3) is 0 Å². The normalized spacial score (nSPS) is 18.9. The van der Waals surface area contributed by atoms with Gasteiger partial charge < -0.3 is 29.7 Å². The maximum atomic E-state index is 14.6. The molecule has 1 aliphatic heterocycles. The SMILES string of the molecule is CCCC(NC(=O)[C@@H](CC(=O)[C@H](C)[C@@H](OC)[C@@H]1CCCN1C(=O)C[C@@H](OC)[C@H]([C@@H](C)CC)N(C)C(=O)[C@@H](CC(=O)[C@H](C(C)C)N(C)C(C)(C)C)C(C)C)Cc1ccccc1)C(=O)O. The van der Waals surface area contributed by atoms with Crippen LogP contribution in [0.5, 0.6) is 0 Å². The lowest BCUT2D eigenvalue weighted by Crippen LogP contribution is -2.55. The Morgan fingerprint density at radius 2 is 1.49 bits per heavy atom. The molecule has 1 unspecified atom stereocenters. The first-order valence-corrected chi connectivity index (χ1v) is 23.4. The van der Waals surface area contributed by atoms with Gasteiger partial charge in [-0.25, -0.2) is 4.79 Å². The molecule has 1 aliphatic rings. The van der Waals surface area contributed by atoms with Gasteiger partial charge >= 0.3 is 5.97 Å². The van der Waals surface area contributed by atoms with Crippen LogP contribution < -0.4 is 5.32 Å². The first-order chi connectivity index (χ1) is 29.5. The molecule has 358 valence electrons. The number of carbonyl (C=O) groups is 6. The molecular formula is C50H84N4O9. The number of carboxylic acids is 1. The molecule has 3 amide bonds. The van der Waals surface area contributed by atoms with Crippen LogP contribution in [0.4, 0.5) is 0 Å². The predicted molar refractivity (Wildman–Crippen MR) is 248 cm³/mol. The Labute approximate surface area is 379 Å². The van der Waals surface area contributed by atoms with E-state index in [9.17, 15) is 33.9 Å². The van der Waals surface area contributed by atoms with Crippen molar-refractivity contribution in [3.05, 3.63) is 35.9 Å². The zero-order chi connectivity index (χ0) is 47.9. The van der Waals surface area contributed by atoms with Gasteiger partial charge in [-0.3, -0.25) is 28.9 Å². The molecule has 0 saturated carbocycles. The Morgan fingerprint density at radius 1 is 0.873 bits per heavy atom. The Morgan fingerprint density at radius 3 is 1.98 bits per heavy atom. The topological polar surface area (TPSA) is 163 Å². The van der Waals surface area contributed by atoms with Gasteiger partial charge in [0.2, 0.25) is 17.7 Å². The third-order valence-corrected chi connectivity index (χ3v) is 13.7. The van der Waals surface area contributed by atoms with Crippen LogP contribution in [-0.4, -0.2) is 132 Å². The number of Topliss-reactive ketones (excluding diaryl/α,β-unsaturated/α-hetero) is 2. The Balaban J connectivity index is 2.35. The number of methoxy groups -OCH3 is 2. The van der Waals surface area contributed by atoms with Crippen molar-refractivity contribution in [2.45, 2.75) is 176 Å². The van der Waals surface area contributed by atoms with Crippen LogP contribution >= 0.6 is 0 Å². The van der Waals surface area contributed by atoms with E-state index < -0.39 is 60.0 Å². The van der Waals surface area contributed by atoms with Crippen LogP contribution in [-0.2, 0) is 44.7 Å². The van der Waals surface area contributed by atoms with E-state index in [1.807, 2.05) is 78.9 Å². The van der Waals surface area contributed by atoms with E-state index in [-0.39, 0.29) is 84.8 Å². The summed E-state index contributed by atoms with van der Waals surface area (Å²) in [5.41, 5.74) is 0.611. The molecule has 2 rings (SSSR count). The largest absolute Gasteiger partial charge is 0.480 e. The van der Waals surface area contributed by atoms with Gasteiger partial charge in [-0.05, 0) is 76.8 Å². The average Bonchev–Trinajstić information content (AvgIpc) is 3.71. The molecule has 10 atom stereocenters. The van der Waals surface area contributed by atoms with Crippen molar-refractivity contribution in [2.24, 2.45) is 35.5 Å². The molecule has 1 aromatic rings. The quantitative estimate of drug-likeness (QED) is 0.0934. The molecule has 13 nitrogen and oxygen atoms in total. The maximum Gasteiger partial charge on any atom is 0.326 e. The van der Waals surface area contributed by atoms with Crippen LogP contribution in [0.1, 0.15) is 133 Å². The van der Waals surface area contributed by atoms with E-state index in [2.05, 4.69) is 37.9 Å². The number of amides is 3. The molecular weight excluding hydrogens is 801 g/mol. The highest BCUT2D eigenvalue weighted by molar-refractivity contribution is 5.91. The second-order valence-corrected chi connectivity index (χ2v) is 19.8. The number of benzene rings is 1. The third-order valence-electron chi connectivity index (χ3n) is 13.7. The van der Waals surface area contributed by atoms with E-state index in [0.717, 1.165) is 12.0 Å². The number of likely N-dealkylation sites (tertiary alicyclic amines) is 1. The zero-order valence-corrected chi connectivity index (χ0v) is 41.4. The molecule has 1 saturated heterocycles. The molecule has 0 bridgehead atoms. The number of aliphatic carboxylic acids is 1. The molecule has 0 aliphatic carbocycles. The number of likely N-dealkylation sites (N-methyl/N-ethyl adjacent to an activating group) is 2. The Bertz CT molecular complexity index is 1630. The average molecular weight is 885 g/mol. The van der Waals surface area contributed by atoms with Crippen LogP contribution in [0.15, 0.2) is 30.3 Å². The van der Waals surface area contributed by atoms with E-state index in [4.69, 9.17) is 9.47 Å².